The number of nitrogens with one attached hydrogen (secondary N) is 1. The van der Waals surface area contributed by atoms with Crippen LogP contribution in [0.15, 0.2) is 18.2 Å². The molecule has 1 heterocycles. The fraction of sp³-hybridized carbons (Fsp3) is 0.632. The quantitative estimate of drug-likeness (QED) is 0.795. The van der Waals surface area contributed by atoms with Gasteiger partial charge in [-0.25, -0.2) is 9.63 Å². The average Bonchev–Trinajstić information content (AvgIpc) is 2.52. The van der Waals surface area contributed by atoms with Crippen LogP contribution in [0.4, 0.5) is 21.9 Å². The van der Waals surface area contributed by atoms with E-state index in [0.717, 1.165) is 18.8 Å². The Hall–Kier alpha value is -2.35. The van der Waals surface area contributed by atoms with Gasteiger partial charge in [0.15, 0.2) is 5.60 Å². The van der Waals surface area contributed by atoms with Crippen molar-refractivity contribution in [3.05, 3.63) is 23.1 Å². The number of amides is 1. The van der Waals surface area contributed by atoms with Gasteiger partial charge in [0.05, 0.1) is 18.1 Å². The molecule has 1 aromatic rings. The lowest BCUT2D eigenvalue weighted by atomic mass is 10.2. The third-order valence-electron chi connectivity index (χ3n) is 3.55. The van der Waals surface area contributed by atoms with Crippen molar-refractivity contribution in [2.24, 2.45) is 0 Å². The minimum absolute atomic E-state index is 0.208. The first-order valence-corrected chi connectivity index (χ1v) is 9.08. The maximum Gasteiger partial charge on any atom is 0.412 e. The molecule has 1 amide bonds. The van der Waals surface area contributed by atoms with Gasteiger partial charge >= 0.3 is 11.8 Å². The van der Waals surface area contributed by atoms with E-state index < -0.39 is 17.3 Å². The Labute approximate surface area is 160 Å². The zero-order chi connectivity index (χ0) is 20.2. The lowest BCUT2D eigenvalue weighted by Gasteiger charge is -2.28. The van der Waals surface area contributed by atoms with Crippen LogP contribution in [0, 0.1) is 4.91 Å². The summed E-state index contributed by atoms with van der Waals surface area (Å²) in [6.45, 7) is 13.4. The van der Waals surface area contributed by atoms with E-state index in [1.807, 2.05) is 6.07 Å². The number of hydrogen-bond donors (Lipinski definition) is 1. The first-order valence-electron chi connectivity index (χ1n) is 9.08. The number of benzene rings is 1. The Morgan fingerprint density at radius 2 is 1.74 bits per heavy atom. The molecule has 1 aliphatic heterocycles. The Kier molecular flexibility index (Phi) is 6.30. The molecule has 150 valence electrons. The highest BCUT2D eigenvalue weighted by atomic mass is 16.8. The number of carbonyl (C=O) groups excluding carboxylic acids is 1. The molecule has 27 heavy (non-hydrogen) atoms. The summed E-state index contributed by atoms with van der Waals surface area (Å²) in [6.07, 6.45) is -0.632. The number of rotatable bonds is 4. The van der Waals surface area contributed by atoms with Crippen molar-refractivity contribution in [2.45, 2.75) is 52.7 Å². The fourth-order valence-corrected chi connectivity index (χ4v) is 2.51. The van der Waals surface area contributed by atoms with Gasteiger partial charge in [0, 0.05) is 24.8 Å². The smallest absolute Gasteiger partial charge is 0.412 e. The molecule has 1 aromatic carbocycles. The van der Waals surface area contributed by atoms with E-state index in [4.69, 9.17) is 14.3 Å². The first kappa shape index (κ1) is 21.0. The lowest BCUT2D eigenvalue weighted by molar-refractivity contribution is -0.765. The average molecular weight is 380 g/mol. The molecule has 0 atom stereocenters. The predicted octanol–water partition coefficient (Wildman–Crippen LogP) is 4.01. The van der Waals surface area contributed by atoms with E-state index >= 15 is 0 Å². The lowest BCUT2D eigenvalue weighted by Crippen LogP contribution is -2.36. The van der Waals surface area contributed by atoms with Crippen LogP contribution in [0.2, 0.25) is 0 Å². The van der Waals surface area contributed by atoms with Gasteiger partial charge in [-0.05, 0) is 53.7 Å². The van der Waals surface area contributed by atoms with Crippen molar-refractivity contribution in [3.8, 4) is 0 Å². The second kappa shape index (κ2) is 8.12. The van der Waals surface area contributed by atoms with Crippen molar-refractivity contribution >= 4 is 23.2 Å². The molecule has 0 spiro atoms. The molecule has 0 saturated carbocycles. The Balaban J connectivity index is 2.30. The van der Waals surface area contributed by atoms with Gasteiger partial charge in [0.2, 0.25) is 0 Å². The summed E-state index contributed by atoms with van der Waals surface area (Å²) < 4.78 is 10.7. The van der Waals surface area contributed by atoms with Crippen LogP contribution in [0.1, 0.15) is 41.5 Å². The van der Waals surface area contributed by atoms with Gasteiger partial charge in [-0.15, -0.1) is 0 Å². The number of hydrogen-bond acceptors (Lipinski definition) is 6. The summed E-state index contributed by atoms with van der Waals surface area (Å²) in [5, 5.41) is 2.64. The van der Waals surface area contributed by atoms with Crippen molar-refractivity contribution in [1.29, 1.82) is 0 Å². The Bertz CT molecular complexity index is 686. The van der Waals surface area contributed by atoms with E-state index in [1.165, 1.54) is 0 Å². The third kappa shape index (κ3) is 6.71. The topological polar surface area (TPSA) is 80.1 Å². The van der Waals surface area contributed by atoms with Crippen LogP contribution < -0.4 is 10.2 Å². The summed E-state index contributed by atoms with van der Waals surface area (Å²) in [5.41, 5.74) is 0.0680. The molecular weight excluding hydrogens is 350 g/mol. The third-order valence-corrected chi connectivity index (χ3v) is 3.55. The van der Waals surface area contributed by atoms with Gasteiger partial charge in [-0.1, -0.05) is 0 Å². The molecule has 0 unspecified atom stereocenters. The summed E-state index contributed by atoms with van der Waals surface area (Å²) >= 11 is 0. The molecular formula is C19H30N3O5+. The summed E-state index contributed by atoms with van der Waals surface area (Å²) in [7, 11) is 0. The van der Waals surface area contributed by atoms with Crippen molar-refractivity contribution in [2.75, 3.05) is 36.5 Å². The van der Waals surface area contributed by atoms with Gasteiger partial charge in [0.1, 0.15) is 11.3 Å². The van der Waals surface area contributed by atoms with Crippen LogP contribution in [-0.4, -0.2) is 48.5 Å². The molecule has 8 heteroatoms. The molecule has 0 bridgehead atoms. The van der Waals surface area contributed by atoms with Crippen LogP contribution in [-0.2, 0) is 14.3 Å². The molecule has 0 radical (unpaired) electrons. The highest BCUT2D eigenvalue weighted by Crippen LogP contribution is 2.32. The standard InChI is InChI=1S/C19H29N3O5/c1-18(2,3)26-17(23)20-15-8-7-14(21-9-11-25-12-10-21)13-16(15)22(24)27-19(4,5)6/h7-8,13H,9-12H2,1-6H3/p+1. The van der Waals surface area contributed by atoms with Crippen LogP contribution in [0.5, 0.6) is 0 Å². The highest BCUT2D eigenvalue weighted by Gasteiger charge is 2.31. The van der Waals surface area contributed by atoms with Gasteiger partial charge in [0.25, 0.3) is 4.92 Å². The van der Waals surface area contributed by atoms with E-state index in [-0.39, 0.29) is 5.69 Å². The van der Waals surface area contributed by atoms with Gasteiger partial charge in [-0.3, -0.25) is 5.32 Å². The molecule has 8 nitrogen and oxygen atoms in total. The molecule has 1 N–H and O–H groups in total. The van der Waals surface area contributed by atoms with E-state index in [0.29, 0.717) is 23.8 Å². The van der Waals surface area contributed by atoms with Gasteiger partial charge < -0.3 is 14.4 Å². The zero-order valence-corrected chi connectivity index (χ0v) is 17.0. The molecule has 0 aliphatic carbocycles. The summed E-state index contributed by atoms with van der Waals surface area (Å²) in [5.74, 6) is 0. The van der Waals surface area contributed by atoms with Crippen LogP contribution >= 0.6 is 0 Å². The number of nitrogens with zero attached hydrogens (tertiary/aromatic N) is 2. The SMILES string of the molecule is CC(C)(C)OC(=O)Nc1ccc(N2CCOCC2)cc1[N+](=O)OC(C)(C)C. The van der Waals surface area contributed by atoms with E-state index in [1.54, 1.807) is 53.7 Å². The largest absolute Gasteiger partial charge is 0.444 e. The van der Waals surface area contributed by atoms with E-state index in [9.17, 15) is 9.70 Å². The normalized spacial score (nSPS) is 15.3. The number of anilines is 2. The zero-order valence-electron chi connectivity index (χ0n) is 17.0. The number of ether oxygens (including phenoxy) is 2. The second-order valence-corrected chi connectivity index (χ2v) is 8.39. The van der Waals surface area contributed by atoms with Crippen LogP contribution in [0.3, 0.4) is 0 Å². The maximum absolute atomic E-state index is 12.6. The van der Waals surface area contributed by atoms with Crippen LogP contribution in [0.25, 0.3) is 0 Å². The maximum atomic E-state index is 12.6. The second-order valence-electron chi connectivity index (χ2n) is 8.39. The van der Waals surface area contributed by atoms with Crippen molar-refractivity contribution in [3.63, 3.8) is 0 Å². The predicted molar refractivity (Wildman–Crippen MR) is 103 cm³/mol. The fourth-order valence-electron chi connectivity index (χ4n) is 2.51. The molecule has 1 saturated heterocycles. The first-order chi connectivity index (χ1) is 12.4. The Morgan fingerprint density at radius 3 is 2.30 bits per heavy atom. The number of carbonyl (C=O) groups is 1. The molecule has 1 fully saturated rings. The molecule has 0 aromatic heterocycles. The summed E-state index contributed by atoms with van der Waals surface area (Å²) in [4.78, 5) is 32.8. The summed E-state index contributed by atoms with van der Waals surface area (Å²) in [6, 6.07) is 5.24. The minimum atomic E-state index is -0.681. The minimum Gasteiger partial charge on any atom is -0.444 e. The van der Waals surface area contributed by atoms with E-state index in [2.05, 4.69) is 10.2 Å². The number of morpholine rings is 1. The van der Waals surface area contributed by atoms with Gasteiger partial charge in [-0.2, -0.15) is 0 Å². The highest BCUT2D eigenvalue weighted by molar-refractivity contribution is 5.88. The van der Waals surface area contributed by atoms with Crippen molar-refractivity contribution < 1.29 is 24.0 Å². The van der Waals surface area contributed by atoms with Crippen molar-refractivity contribution in [1.82, 2.24) is 0 Å². The Morgan fingerprint density at radius 1 is 1.11 bits per heavy atom. The molecule has 1 aliphatic rings. The molecule has 2 rings (SSSR count). The monoisotopic (exact) mass is 380 g/mol.